The molecule has 0 aromatic heterocycles. The van der Waals surface area contributed by atoms with E-state index in [0.29, 0.717) is 5.56 Å². The lowest BCUT2D eigenvalue weighted by atomic mass is 9.92. The van der Waals surface area contributed by atoms with Crippen LogP contribution in [0.2, 0.25) is 0 Å². The Morgan fingerprint density at radius 2 is 1.64 bits per heavy atom. The first-order valence-electron chi connectivity index (χ1n) is 10.6. The normalized spacial score (nSPS) is 17.6. The Balaban J connectivity index is 1.47. The first-order chi connectivity index (χ1) is 13.6. The Kier molecular flexibility index (Phi) is 5.79. The molecule has 2 aromatic carbocycles. The van der Waals surface area contributed by atoms with E-state index in [1.165, 1.54) is 61.3 Å². The molecule has 0 unspecified atom stereocenters. The first kappa shape index (κ1) is 19.2. The third-order valence-electron chi connectivity index (χ3n) is 6.31. The molecular weight excluding hydrogens is 346 g/mol. The van der Waals surface area contributed by atoms with E-state index in [0.717, 1.165) is 31.5 Å². The van der Waals surface area contributed by atoms with Crippen LogP contribution in [0.4, 0.5) is 0 Å². The molecule has 148 valence electrons. The summed E-state index contributed by atoms with van der Waals surface area (Å²) in [5.74, 6) is -0.345. The number of hydrogen-bond acceptors (Lipinski definition) is 3. The van der Waals surface area contributed by atoms with Crippen molar-refractivity contribution in [2.45, 2.75) is 39.2 Å². The van der Waals surface area contributed by atoms with Gasteiger partial charge < -0.3 is 10.6 Å². The van der Waals surface area contributed by atoms with Gasteiger partial charge in [-0.15, -0.1) is 0 Å². The molecule has 4 rings (SSSR count). The Bertz CT molecular complexity index is 855. The number of hydrogen-bond donors (Lipinski definition) is 1. The highest BCUT2D eigenvalue weighted by molar-refractivity contribution is 5.95. The molecule has 2 aliphatic rings. The van der Waals surface area contributed by atoms with E-state index in [9.17, 15) is 4.79 Å². The summed E-state index contributed by atoms with van der Waals surface area (Å²) in [4.78, 5) is 16.8. The van der Waals surface area contributed by atoms with Crippen molar-refractivity contribution in [3.8, 4) is 11.1 Å². The van der Waals surface area contributed by atoms with Crippen molar-refractivity contribution in [2.75, 3.05) is 32.7 Å². The van der Waals surface area contributed by atoms with Crippen LogP contribution in [0, 0.1) is 0 Å². The molecule has 2 heterocycles. The van der Waals surface area contributed by atoms with Gasteiger partial charge in [0.2, 0.25) is 5.91 Å². The molecule has 0 atom stereocenters. The summed E-state index contributed by atoms with van der Waals surface area (Å²) in [6.45, 7) is 9.21. The van der Waals surface area contributed by atoms with E-state index >= 15 is 0 Å². The molecule has 1 amide bonds. The van der Waals surface area contributed by atoms with Crippen LogP contribution in [0.25, 0.3) is 11.1 Å². The molecule has 2 aromatic rings. The molecule has 4 heteroatoms. The van der Waals surface area contributed by atoms with E-state index in [4.69, 9.17) is 5.73 Å². The van der Waals surface area contributed by atoms with Gasteiger partial charge in [0, 0.05) is 31.7 Å². The summed E-state index contributed by atoms with van der Waals surface area (Å²) in [5, 5.41) is 0. The van der Waals surface area contributed by atoms with Gasteiger partial charge in [-0.1, -0.05) is 37.3 Å². The minimum Gasteiger partial charge on any atom is -0.366 e. The number of primary amides is 1. The van der Waals surface area contributed by atoms with Crippen LogP contribution in [0.15, 0.2) is 36.4 Å². The van der Waals surface area contributed by atoms with E-state index in [2.05, 4.69) is 41.0 Å². The molecule has 0 saturated carbocycles. The number of carbonyl (C=O) groups is 1. The number of likely N-dealkylation sites (tertiary alicyclic amines) is 1. The van der Waals surface area contributed by atoms with Crippen LogP contribution in [-0.4, -0.2) is 48.4 Å². The molecule has 28 heavy (non-hydrogen) atoms. The first-order valence-corrected chi connectivity index (χ1v) is 10.6. The molecular formula is C24H31N3O. The van der Waals surface area contributed by atoms with Crippen molar-refractivity contribution < 1.29 is 4.79 Å². The van der Waals surface area contributed by atoms with E-state index in [-0.39, 0.29) is 5.91 Å². The van der Waals surface area contributed by atoms with Gasteiger partial charge in [0.25, 0.3) is 0 Å². The second kappa shape index (κ2) is 8.46. The number of rotatable bonds is 6. The molecule has 1 saturated heterocycles. The summed E-state index contributed by atoms with van der Waals surface area (Å²) < 4.78 is 0. The zero-order valence-electron chi connectivity index (χ0n) is 16.9. The maximum atomic E-state index is 11.6. The summed E-state index contributed by atoms with van der Waals surface area (Å²) in [6, 6.07) is 12.9. The summed E-state index contributed by atoms with van der Waals surface area (Å²) in [6.07, 6.45) is 4.66. The zero-order valence-corrected chi connectivity index (χ0v) is 16.9. The van der Waals surface area contributed by atoms with Crippen LogP contribution in [0.1, 0.15) is 46.8 Å². The van der Waals surface area contributed by atoms with Gasteiger partial charge in [-0.2, -0.15) is 0 Å². The SMILES string of the molecule is CCc1cc(-c2ccc3c(c2)CCN(CCN2CCCC2)C3)ccc1C(N)=O. The Labute approximate surface area is 168 Å². The molecule has 0 aliphatic carbocycles. The average Bonchev–Trinajstić information content (AvgIpc) is 3.25. The molecule has 2 N–H and O–H groups in total. The van der Waals surface area contributed by atoms with Gasteiger partial charge in [0.05, 0.1) is 0 Å². The maximum absolute atomic E-state index is 11.6. The quantitative estimate of drug-likeness (QED) is 0.839. The number of fused-ring (bicyclic) bond motifs is 1. The summed E-state index contributed by atoms with van der Waals surface area (Å²) in [5.41, 5.74) is 12.5. The number of amides is 1. The minimum atomic E-state index is -0.345. The van der Waals surface area contributed by atoms with Gasteiger partial charge in [-0.3, -0.25) is 9.69 Å². The standard InChI is InChI=1S/C24H31N3O/c1-2-18-15-20(7-8-23(18)24(25)28)19-5-6-22-17-27(12-9-21(22)16-19)14-13-26-10-3-4-11-26/h5-8,15-16H,2-4,9-14,17H2,1H3,(H2,25,28). The number of nitrogens with two attached hydrogens (primary N) is 1. The molecule has 4 nitrogen and oxygen atoms in total. The lowest BCUT2D eigenvalue weighted by Gasteiger charge is -2.30. The van der Waals surface area contributed by atoms with Crippen LogP contribution >= 0.6 is 0 Å². The minimum absolute atomic E-state index is 0.345. The molecule has 1 fully saturated rings. The number of aryl methyl sites for hydroxylation is 1. The van der Waals surface area contributed by atoms with Crippen LogP contribution < -0.4 is 5.73 Å². The highest BCUT2D eigenvalue weighted by Crippen LogP contribution is 2.28. The third-order valence-corrected chi connectivity index (χ3v) is 6.31. The van der Waals surface area contributed by atoms with Crippen LogP contribution in [0.3, 0.4) is 0 Å². The summed E-state index contributed by atoms with van der Waals surface area (Å²) >= 11 is 0. The van der Waals surface area contributed by atoms with Crippen LogP contribution in [-0.2, 0) is 19.4 Å². The third kappa shape index (κ3) is 4.13. The fraction of sp³-hybridized carbons (Fsp3) is 0.458. The van der Waals surface area contributed by atoms with E-state index < -0.39 is 0 Å². The zero-order chi connectivity index (χ0) is 19.5. The average molecular weight is 378 g/mol. The highest BCUT2D eigenvalue weighted by atomic mass is 16.1. The van der Waals surface area contributed by atoms with E-state index in [1.54, 1.807) is 0 Å². The Hall–Kier alpha value is -2.17. The van der Waals surface area contributed by atoms with Crippen molar-refractivity contribution in [1.82, 2.24) is 9.80 Å². The van der Waals surface area contributed by atoms with Crippen molar-refractivity contribution >= 4 is 5.91 Å². The van der Waals surface area contributed by atoms with Gasteiger partial charge >= 0.3 is 0 Å². The van der Waals surface area contributed by atoms with Crippen molar-refractivity contribution in [3.63, 3.8) is 0 Å². The lowest BCUT2D eigenvalue weighted by molar-refractivity contribution is 0.0999. The molecule has 0 spiro atoms. The van der Waals surface area contributed by atoms with Crippen molar-refractivity contribution in [1.29, 1.82) is 0 Å². The van der Waals surface area contributed by atoms with Gasteiger partial charge in [0.1, 0.15) is 0 Å². The van der Waals surface area contributed by atoms with Gasteiger partial charge in [-0.25, -0.2) is 0 Å². The smallest absolute Gasteiger partial charge is 0.248 e. The lowest BCUT2D eigenvalue weighted by Crippen LogP contribution is -2.37. The van der Waals surface area contributed by atoms with Gasteiger partial charge in [0.15, 0.2) is 0 Å². The van der Waals surface area contributed by atoms with Crippen LogP contribution in [0.5, 0.6) is 0 Å². The fourth-order valence-electron chi connectivity index (χ4n) is 4.58. The second-order valence-corrected chi connectivity index (χ2v) is 8.15. The summed E-state index contributed by atoms with van der Waals surface area (Å²) in [7, 11) is 0. The number of carbonyl (C=O) groups excluding carboxylic acids is 1. The topological polar surface area (TPSA) is 49.6 Å². The predicted octanol–water partition coefficient (Wildman–Crippen LogP) is 3.47. The molecule has 2 aliphatic heterocycles. The Morgan fingerprint density at radius 3 is 2.39 bits per heavy atom. The number of benzene rings is 2. The second-order valence-electron chi connectivity index (χ2n) is 8.15. The van der Waals surface area contributed by atoms with Crippen molar-refractivity contribution in [2.24, 2.45) is 5.73 Å². The highest BCUT2D eigenvalue weighted by Gasteiger charge is 2.19. The largest absolute Gasteiger partial charge is 0.366 e. The number of nitrogens with zero attached hydrogens (tertiary/aromatic N) is 2. The Morgan fingerprint density at radius 1 is 0.929 bits per heavy atom. The predicted molar refractivity (Wildman–Crippen MR) is 114 cm³/mol. The molecule has 0 bridgehead atoms. The van der Waals surface area contributed by atoms with Crippen molar-refractivity contribution in [3.05, 3.63) is 58.7 Å². The monoisotopic (exact) mass is 377 g/mol. The van der Waals surface area contributed by atoms with E-state index in [1.807, 2.05) is 12.1 Å². The maximum Gasteiger partial charge on any atom is 0.248 e. The fourth-order valence-corrected chi connectivity index (χ4v) is 4.58. The molecule has 0 radical (unpaired) electrons. The van der Waals surface area contributed by atoms with Gasteiger partial charge in [-0.05, 0) is 72.7 Å².